The first-order valence-corrected chi connectivity index (χ1v) is 8.02. The van der Waals surface area contributed by atoms with Crippen molar-refractivity contribution in [3.8, 4) is 11.5 Å². The second kappa shape index (κ2) is 8.54. The maximum Gasteiger partial charge on any atom is 0.238 e. The Kier molecular flexibility index (Phi) is 6.43. The van der Waals surface area contributed by atoms with Gasteiger partial charge in [0, 0.05) is 57.0 Å². The number of rotatable bonds is 5. The molecule has 0 bridgehead atoms. The van der Waals surface area contributed by atoms with Crippen LogP contribution < -0.4 is 14.8 Å². The summed E-state index contributed by atoms with van der Waals surface area (Å²) in [7, 11) is 3.14. The Hall–Kier alpha value is -2.28. The van der Waals surface area contributed by atoms with E-state index in [0.29, 0.717) is 36.8 Å². The number of benzene rings is 1. The highest BCUT2D eigenvalue weighted by Crippen LogP contribution is 2.25. The maximum atomic E-state index is 12.3. The molecular formula is C17H25N3O4. The highest BCUT2D eigenvalue weighted by atomic mass is 16.5. The molecule has 1 aromatic rings. The SMILES string of the molecule is COc1cc(NC(=O)CN2CCCN(C(C)=O)CC2)cc(OC)c1. The molecule has 1 aromatic carbocycles. The minimum absolute atomic E-state index is 0.0878. The summed E-state index contributed by atoms with van der Waals surface area (Å²) in [5.74, 6) is 1.24. The molecule has 1 aliphatic heterocycles. The summed E-state index contributed by atoms with van der Waals surface area (Å²) >= 11 is 0. The third-order valence-corrected chi connectivity index (χ3v) is 4.04. The first-order chi connectivity index (χ1) is 11.5. The van der Waals surface area contributed by atoms with E-state index in [1.54, 1.807) is 39.3 Å². The standard InChI is InChI=1S/C17H25N3O4/c1-13(21)20-6-4-5-19(7-8-20)12-17(22)18-14-9-15(23-2)11-16(10-14)24-3/h9-11H,4-8,12H2,1-3H3,(H,18,22). The number of carbonyl (C=O) groups is 2. The molecule has 132 valence electrons. The van der Waals surface area contributed by atoms with Gasteiger partial charge in [0.15, 0.2) is 0 Å². The Morgan fingerprint density at radius 2 is 1.71 bits per heavy atom. The first kappa shape index (κ1) is 18.1. The average molecular weight is 335 g/mol. The summed E-state index contributed by atoms with van der Waals surface area (Å²) in [4.78, 5) is 27.6. The third-order valence-electron chi connectivity index (χ3n) is 4.04. The van der Waals surface area contributed by atoms with E-state index in [9.17, 15) is 9.59 Å². The van der Waals surface area contributed by atoms with E-state index in [4.69, 9.17) is 9.47 Å². The number of hydrogen-bond donors (Lipinski definition) is 1. The minimum atomic E-state index is -0.0958. The Morgan fingerprint density at radius 1 is 1.04 bits per heavy atom. The third kappa shape index (κ3) is 5.13. The highest BCUT2D eigenvalue weighted by Gasteiger charge is 2.18. The van der Waals surface area contributed by atoms with Crippen LogP contribution >= 0.6 is 0 Å². The molecule has 0 saturated carbocycles. The van der Waals surface area contributed by atoms with Gasteiger partial charge in [-0.3, -0.25) is 14.5 Å². The molecule has 0 aliphatic carbocycles. The molecule has 7 nitrogen and oxygen atoms in total. The predicted octanol–water partition coefficient (Wildman–Crippen LogP) is 1.20. The molecule has 1 aliphatic rings. The van der Waals surface area contributed by atoms with Crippen LogP contribution in [0.25, 0.3) is 0 Å². The van der Waals surface area contributed by atoms with E-state index < -0.39 is 0 Å². The number of hydrogen-bond acceptors (Lipinski definition) is 5. The van der Waals surface area contributed by atoms with E-state index in [-0.39, 0.29) is 11.8 Å². The van der Waals surface area contributed by atoms with Crippen LogP contribution in [0.4, 0.5) is 5.69 Å². The van der Waals surface area contributed by atoms with Crippen LogP contribution in [0.3, 0.4) is 0 Å². The number of anilines is 1. The molecule has 0 aromatic heterocycles. The number of nitrogens with one attached hydrogen (secondary N) is 1. The fourth-order valence-corrected chi connectivity index (χ4v) is 2.73. The molecule has 0 unspecified atom stereocenters. The molecule has 1 saturated heterocycles. The molecule has 1 N–H and O–H groups in total. The number of methoxy groups -OCH3 is 2. The van der Waals surface area contributed by atoms with E-state index >= 15 is 0 Å². The van der Waals surface area contributed by atoms with Crippen molar-refractivity contribution in [2.75, 3.05) is 52.3 Å². The maximum absolute atomic E-state index is 12.3. The van der Waals surface area contributed by atoms with Gasteiger partial charge in [0.1, 0.15) is 11.5 Å². The minimum Gasteiger partial charge on any atom is -0.497 e. The Morgan fingerprint density at radius 3 is 2.29 bits per heavy atom. The van der Waals surface area contributed by atoms with Gasteiger partial charge in [0.25, 0.3) is 0 Å². The van der Waals surface area contributed by atoms with Gasteiger partial charge in [-0.2, -0.15) is 0 Å². The van der Waals surface area contributed by atoms with Gasteiger partial charge in [-0.1, -0.05) is 0 Å². The molecule has 7 heteroatoms. The van der Waals surface area contributed by atoms with Gasteiger partial charge in [0.2, 0.25) is 11.8 Å². The molecule has 0 radical (unpaired) electrons. The van der Waals surface area contributed by atoms with Crippen molar-refractivity contribution >= 4 is 17.5 Å². The van der Waals surface area contributed by atoms with Crippen LogP contribution in [0.5, 0.6) is 11.5 Å². The van der Waals surface area contributed by atoms with E-state index in [0.717, 1.165) is 19.5 Å². The Bertz CT molecular complexity index is 569. The topological polar surface area (TPSA) is 71.1 Å². The molecule has 0 spiro atoms. The predicted molar refractivity (Wildman–Crippen MR) is 91.5 cm³/mol. The van der Waals surface area contributed by atoms with E-state index in [2.05, 4.69) is 10.2 Å². The molecule has 1 fully saturated rings. The van der Waals surface area contributed by atoms with Crippen molar-refractivity contribution < 1.29 is 19.1 Å². The van der Waals surface area contributed by atoms with E-state index in [1.165, 1.54) is 0 Å². The second-order valence-electron chi connectivity index (χ2n) is 5.79. The van der Waals surface area contributed by atoms with Crippen LogP contribution in [0.2, 0.25) is 0 Å². The zero-order chi connectivity index (χ0) is 17.5. The number of ether oxygens (including phenoxy) is 2. The number of carbonyl (C=O) groups excluding carboxylic acids is 2. The van der Waals surface area contributed by atoms with Crippen molar-refractivity contribution in [1.29, 1.82) is 0 Å². The molecule has 2 rings (SSSR count). The average Bonchev–Trinajstić information content (AvgIpc) is 2.79. The van der Waals surface area contributed by atoms with Gasteiger partial charge in [-0.25, -0.2) is 0 Å². The van der Waals surface area contributed by atoms with Crippen LogP contribution in [-0.2, 0) is 9.59 Å². The fraction of sp³-hybridized carbons (Fsp3) is 0.529. The largest absolute Gasteiger partial charge is 0.497 e. The van der Waals surface area contributed by atoms with Crippen molar-refractivity contribution in [3.63, 3.8) is 0 Å². The lowest BCUT2D eigenvalue weighted by molar-refractivity contribution is -0.128. The number of amides is 2. The molecule has 24 heavy (non-hydrogen) atoms. The smallest absolute Gasteiger partial charge is 0.238 e. The van der Waals surface area contributed by atoms with Crippen LogP contribution in [0.1, 0.15) is 13.3 Å². The Labute approximate surface area is 142 Å². The summed E-state index contributed by atoms with van der Waals surface area (Å²) < 4.78 is 10.4. The van der Waals surface area contributed by atoms with Gasteiger partial charge in [0.05, 0.1) is 20.8 Å². The lowest BCUT2D eigenvalue weighted by atomic mass is 10.2. The normalized spacial score (nSPS) is 15.5. The van der Waals surface area contributed by atoms with Gasteiger partial charge in [-0.05, 0) is 6.42 Å². The summed E-state index contributed by atoms with van der Waals surface area (Å²) in [5.41, 5.74) is 0.636. The van der Waals surface area contributed by atoms with Gasteiger partial charge in [-0.15, -0.1) is 0 Å². The Balaban J connectivity index is 1.92. The zero-order valence-corrected chi connectivity index (χ0v) is 14.5. The summed E-state index contributed by atoms with van der Waals surface area (Å²) in [6, 6.07) is 5.25. The molecule has 1 heterocycles. The quantitative estimate of drug-likeness (QED) is 0.875. The van der Waals surface area contributed by atoms with Crippen LogP contribution in [0.15, 0.2) is 18.2 Å². The summed E-state index contributed by atoms with van der Waals surface area (Å²) in [5, 5.41) is 2.87. The van der Waals surface area contributed by atoms with Gasteiger partial charge < -0.3 is 19.7 Å². The second-order valence-corrected chi connectivity index (χ2v) is 5.79. The molecule has 0 atom stereocenters. The monoisotopic (exact) mass is 335 g/mol. The molecular weight excluding hydrogens is 310 g/mol. The summed E-state index contributed by atoms with van der Waals surface area (Å²) in [6.07, 6.45) is 0.875. The van der Waals surface area contributed by atoms with Gasteiger partial charge >= 0.3 is 0 Å². The number of nitrogens with zero attached hydrogens (tertiary/aromatic N) is 2. The van der Waals surface area contributed by atoms with Crippen LogP contribution in [0, 0.1) is 0 Å². The first-order valence-electron chi connectivity index (χ1n) is 8.02. The van der Waals surface area contributed by atoms with E-state index in [1.807, 2.05) is 4.90 Å². The highest BCUT2D eigenvalue weighted by molar-refractivity contribution is 5.92. The summed E-state index contributed by atoms with van der Waals surface area (Å²) in [6.45, 7) is 4.80. The fourth-order valence-electron chi connectivity index (χ4n) is 2.73. The molecule has 2 amide bonds. The van der Waals surface area contributed by atoms with Crippen molar-refractivity contribution in [3.05, 3.63) is 18.2 Å². The van der Waals surface area contributed by atoms with Crippen LogP contribution in [-0.4, -0.2) is 68.6 Å². The van der Waals surface area contributed by atoms with Crippen molar-refractivity contribution in [1.82, 2.24) is 9.80 Å². The lowest BCUT2D eigenvalue weighted by Gasteiger charge is -2.20. The van der Waals surface area contributed by atoms with Crippen molar-refractivity contribution in [2.45, 2.75) is 13.3 Å². The lowest BCUT2D eigenvalue weighted by Crippen LogP contribution is -2.37. The van der Waals surface area contributed by atoms with Crippen molar-refractivity contribution in [2.24, 2.45) is 0 Å². The zero-order valence-electron chi connectivity index (χ0n) is 14.5.